The second-order valence-corrected chi connectivity index (χ2v) is 6.39. The summed E-state index contributed by atoms with van der Waals surface area (Å²) in [5.74, 6) is -0.819. The van der Waals surface area contributed by atoms with Gasteiger partial charge in [-0.25, -0.2) is 13.1 Å². The Balaban J connectivity index is 2.21. The van der Waals surface area contributed by atoms with Crippen LogP contribution in [0.1, 0.15) is 0 Å². The van der Waals surface area contributed by atoms with Crippen molar-refractivity contribution in [3.05, 3.63) is 28.2 Å². The van der Waals surface area contributed by atoms with Crippen molar-refractivity contribution in [3.8, 4) is 0 Å². The number of amides is 1. The van der Waals surface area contributed by atoms with Gasteiger partial charge in [-0.05, 0) is 12.1 Å². The topological polar surface area (TPSA) is 81.7 Å². The maximum atomic E-state index is 12.1. The van der Waals surface area contributed by atoms with Crippen LogP contribution in [0.15, 0.2) is 23.1 Å². The Morgan fingerprint density at radius 2 is 1.90 bits per heavy atom. The quantitative estimate of drug-likeness (QED) is 0.895. The number of nitrogens with one attached hydrogen (secondary N) is 1. The monoisotopic (exact) mass is 339 g/mol. The molecule has 2 rings (SSSR count). The number of carbonyl (C=O) groups is 1. The molecule has 1 atom stereocenters. The minimum absolute atomic E-state index is 0.00237. The largest absolute Gasteiger partial charge is 0.376 e. The highest BCUT2D eigenvalue weighted by atomic mass is 35.5. The molecule has 1 aliphatic rings. The second-order valence-electron chi connectivity index (χ2n) is 3.95. The van der Waals surface area contributed by atoms with Crippen molar-refractivity contribution in [3.63, 3.8) is 0 Å². The SMILES string of the molecule is O=C(NS(=O)(=O)c1c(Cl)cccc1Cl)[C@@H]1COCCO1. The lowest BCUT2D eigenvalue weighted by Gasteiger charge is -2.22. The van der Waals surface area contributed by atoms with Gasteiger partial charge in [-0.1, -0.05) is 29.3 Å². The Morgan fingerprint density at radius 3 is 2.45 bits per heavy atom. The van der Waals surface area contributed by atoms with E-state index < -0.39 is 22.0 Å². The summed E-state index contributed by atoms with van der Waals surface area (Å²) in [6.07, 6.45) is -0.972. The third-order valence-electron chi connectivity index (χ3n) is 2.53. The van der Waals surface area contributed by atoms with E-state index in [1.54, 1.807) is 0 Å². The molecule has 1 aliphatic heterocycles. The molecule has 0 bridgehead atoms. The molecule has 0 saturated carbocycles. The van der Waals surface area contributed by atoms with Gasteiger partial charge in [0.25, 0.3) is 15.9 Å². The number of benzene rings is 1. The molecule has 0 spiro atoms. The first-order valence-corrected chi connectivity index (χ1v) is 7.86. The van der Waals surface area contributed by atoms with Crippen molar-refractivity contribution in [2.45, 2.75) is 11.0 Å². The van der Waals surface area contributed by atoms with Gasteiger partial charge in [-0.15, -0.1) is 0 Å². The molecule has 0 aliphatic carbocycles. The Labute approximate surface area is 126 Å². The van der Waals surface area contributed by atoms with Crippen LogP contribution in [0.25, 0.3) is 0 Å². The highest BCUT2D eigenvalue weighted by Crippen LogP contribution is 2.28. The first-order chi connectivity index (χ1) is 9.42. The van der Waals surface area contributed by atoms with E-state index in [0.717, 1.165) is 0 Å². The minimum Gasteiger partial charge on any atom is -0.376 e. The maximum absolute atomic E-state index is 12.1. The normalized spacial score (nSPS) is 19.6. The standard InChI is InChI=1S/C11H11Cl2NO5S/c12-7-2-1-3-8(13)10(7)20(16,17)14-11(15)9-6-18-4-5-19-9/h1-3,9H,4-6H2,(H,14,15)/t9-/m0/s1. The third-order valence-corrected chi connectivity index (χ3v) is 4.83. The zero-order chi connectivity index (χ0) is 14.8. The molecule has 1 aromatic rings. The third kappa shape index (κ3) is 3.42. The van der Waals surface area contributed by atoms with Gasteiger partial charge in [0.05, 0.1) is 29.9 Å². The van der Waals surface area contributed by atoms with Gasteiger partial charge in [0.2, 0.25) is 0 Å². The molecule has 1 heterocycles. The first-order valence-electron chi connectivity index (χ1n) is 5.62. The molecule has 0 unspecified atom stereocenters. The zero-order valence-corrected chi connectivity index (χ0v) is 12.5. The predicted octanol–water partition coefficient (Wildman–Crippen LogP) is 1.21. The fourth-order valence-corrected chi connectivity index (χ4v) is 3.78. The van der Waals surface area contributed by atoms with Gasteiger partial charge in [0, 0.05) is 0 Å². The maximum Gasteiger partial charge on any atom is 0.267 e. The average molecular weight is 340 g/mol. The summed E-state index contributed by atoms with van der Waals surface area (Å²) in [6.45, 7) is 0.593. The summed E-state index contributed by atoms with van der Waals surface area (Å²) < 4.78 is 36.3. The fourth-order valence-electron chi connectivity index (χ4n) is 1.63. The molecule has 6 nitrogen and oxygen atoms in total. The van der Waals surface area contributed by atoms with Crippen LogP contribution in [0.4, 0.5) is 0 Å². The van der Waals surface area contributed by atoms with Gasteiger partial charge >= 0.3 is 0 Å². The van der Waals surface area contributed by atoms with E-state index in [9.17, 15) is 13.2 Å². The lowest BCUT2D eigenvalue weighted by Crippen LogP contribution is -2.45. The lowest BCUT2D eigenvalue weighted by atomic mass is 10.3. The Bertz CT molecular complexity index is 593. The Morgan fingerprint density at radius 1 is 1.25 bits per heavy atom. The molecule has 110 valence electrons. The molecule has 1 aromatic carbocycles. The molecule has 1 fully saturated rings. The van der Waals surface area contributed by atoms with E-state index in [-0.39, 0.29) is 28.2 Å². The number of rotatable bonds is 3. The van der Waals surface area contributed by atoms with Crippen molar-refractivity contribution in [1.82, 2.24) is 4.72 Å². The number of hydrogen-bond donors (Lipinski definition) is 1. The van der Waals surface area contributed by atoms with E-state index in [4.69, 9.17) is 32.7 Å². The number of hydrogen-bond acceptors (Lipinski definition) is 5. The van der Waals surface area contributed by atoms with Crippen LogP contribution in [0.3, 0.4) is 0 Å². The summed E-state index contributed by atoms with van der Waals surface area (Å²) in [7, 11) is -4.17. The van der Waals surface area contributed by atoms with Crippen LogP contribution in [-0.2, 0) is 24.3 Å². The highest BCUT2D eigenvalue weighted by Gasteiger charge is 2.29. The molecule has 1 amide bonds. The highest BCUT2D eigenvalue weighted by molar-refractivity contribution is 7.90. The molecular formula is C11H11Cl2NO5S. The van der Waals surface area contributed by atoms with Crippen LogP contribution < -0.4 is 4.72 Å². The minimum atomic E-state index is -4.17. The Kier molecular flexibility index (Phi) is 4.87. The van der Waals surface area contributed by atoms with E-state index >= 15 is 0 Å². The average Bonchev–Trinajstić information content (AvgIpc) is 2.38. The summed E-state index contributed by atoms with van der Waals surface area (Å²) in [5, 5.41) is -0.141. The first kappa shape index (κ1) is 15.5. The van der Waals surface area contributed by atoms with Gasteiger partial charge in [-0.3, -0.25) is 4.79 Å². The van der Waals surface area contributed by atoms with Crippen LogP contribution >= 0.6 is 23.2 Å². The molecule has 1 N–H and O–H groups in total. The summed E-state index contributed by atoms with van der Waals surface area (Å²) >= 11 is 11.6. The number of halogens is 2. The van der Waals surface area contributed by atoms with E-state index in [0.29, 0.717) is 6.61 Å². The summed E-state index contributed by atoms with van der Waals surface area (Å²) in [4.78, 5) is 11.5. The Hall–Kier alpha value is -0.860. The van der Waals surface area contributed by atoms with Crippen molar-refractivity contribution < 1.29 is 22.7 Å². The molecule has 9 heteroatoms. The van der Waals surface area contributed by atoms with Crippen molar-refractivity contribution in [1.29, 1.82) is 0 Å². The van der Waals surface area contributed by atoms with E-state index in [1.165, 1.54) is 18.2 Å². The second kappa shape index (κ2) is 6.28. The zero-order valence-electron chi connectivity index (χ0n) is 10.1. The van der Waals surface area contributed by atoms with Crippen LogP contribution in [0, 0.1) is 0 Å². The van der Waals surface area contributed by atoms with Crippen LogP contribution in [0.2, 0.25) is 10.0 Å². The molecular weight excluding hydrogens is 329 g/mol. The van der Waals surface area contributed by atoms with Gasteiger partial charge in [-0.2, -0.15) is 0 Å². The predicted molar refractivity (Wildman–Crippen MR) is 72.3 cm³/mol. The van der Waals surface area contributed by atoms with E-state index in [1.807, 2.05) is 4.72 Å². The van der Waals surface area contributed by atoms with Gasteiger partial charge in [0.15, 0.2) is 6.10 Å². The fraction of sp³-hybridized carbons (Fsp3) is 0.364. The van der Waals surface area contributed by atoms with Crippen molar-refractivity contribution in [2.75, 3.05) is 19.8 Å². The molecule has 1 saturated heterocycles. The van der Waals surface area contributed by atoms with Gasteiger partial charge < -0.3 is 9.47 Å². The van der Waals surface area contributed by atoms with Crippen LogP contribution in [-0.4, -0.2) is 40.2 Å². The van der Waals surface area contributed by atoms with Crippen molar-refractivity contribution in [2.24, 2.45) is 0 Å². The number of ether oxygens (including phenoxy) is 2. The molecule has 0 aromatic heterocycles. The number of carbonyl (C=O) groups excluding carboxylic acids is 1. The lowest BCUT2D eigenvalue weighted by molar-refractivity contribution is -0.145. The van der Waals surface area contributed by atoms with Gasteiger partial charge in [0.1, 0.15) is 4.90 Å². The number of sulfonamides is 1. The van der Waals surface area contributed by atoms with Crippen molar-refractivity contribution >= 4 is 39.1 Å². The molecule has 0 radical (unpaired) electrons. The van der Waals surface area contributed by atoms with E-state index in [2.05, 4.69) is 0 Å². The molecule has 20 heavy (non-hydrogen) atoms. The smallest absolute Gasteiger partial charge is 0.267 e. The summed E-state index contributed by atoms with van der Waals surface area (Å²) in [5.41, 5.74) is 0. The summed E-state index contributed by atoms with van der Waals surface area (Å²) in [6, 6.07) is 4.24. The van der Waals surface area contributed by atoms with Crippen LogP contribution in [0.5, 0.6) is 0 Å².